The van der Waals surface area contributed by atoms with E-state index in [0.29, 0.717) is 35.9 Å². The van der Waals surface area contributed by atoms with E-state index in [1.807, 2.05) is 19.1 Å². The van der Waals surface area contributed by atoms with Crippen LogP contribution in [-0.2, 0) is 4.79 Å². The summed E-state index contributed by atoms with van der Waals surface area (Å²) in [6.07, 6.45) is 0.319. The van der Waals surface area contributed by atoms with Gasteiger partial charge in [0.15, 0.2) is 0 Å². The minimum absolute atomic E-state index is 0.0275. The molecule has 0 spiro atoms. The first-order valence-corrected chi connectivity index (χ1v) is 5.84. The average Bonchev–Trinajstić information content (AvgIpc) is 2.30. The summed E-state index contributed by atoms with van der Waals surface area (Å²) in [7, 11) is 0. The molecule has 3 N–H and O–H groups in total. The van der Waals surface area contributed by atoms with Gasteiger partial charge in [-0.05, 0) is 19.1 Å². The number of para-hydroxylation sites is 1. The number of hydrogen-bond donors (Lipinski definition) is 2. The van der Waals surface area contributed by atoms with Gasteiger partial charge < -0.3 is 15.8 Å². The number of nitrogens with two attached hydrogens (primary N) is 1. The van der Waals surface area contributed by atoms with E-state index < -0.39 is 0 Å². The van der Waals surface area contributed by atoms with Gasteiger partial charge in [-0.2, -0.15) is 0 Å². The smallest absolute Gasteiger partial charge is 0.223 e. The number of benzene rings is 1. The maximum Gasteiger partial charge on any atom is 0.223 e. The molecule has 0 bridgehead atoms. The Balaban J connectivity index is 2.52. The first kappa shape index (κ1) is 13.4. The molecular formula is C12H16N2O2S. The lowest BCUT2D eigenvalue weighted by Crippen LogP contribution is -2.24. The van der Waals surface area contributed by atoms with Crippen molar-refractivity contribution in [3.05, 3.63) is 29.8 Å². The van der Waals surface area contributed by atoms with Gasteiger partial charge in [0.1, 0.15) is 10.7 Å². The highest BCUT2D eigenvalue weighted by Gasteiger charge is 2.06. The first-order chi connectivity index (χ1) is 8.15. The number of carbonyl (C=O) groups is 1. The highest BCUT2D eigenvalue weighted by Crippen LogP contribution is 2.17. The zero-order valence-electron chi connectivity index (χ0n) is 9.73. The summed E-state index contributed by atoms with van der Waals surface area (Å²) in [6.45, 7) is 2.81. The van der Waals surface area contributed by atoms with Crippen molar-refractivity contribution in [1.82, 2.24) is 5.32 Å². The highest BCUT2D eigenvalue weighted by molar-refractivity contribution is 7.80. The predicted molar refractivity (Wildman–Crippen MR) is 71.1 cm³/mol. The quantitative estimate of drug-likeness (QED) is 0.747. The molecule has 0 saturated carbocycles. The lowest BCUT2D eigenvalue weighted by molar-refractivity contribution is -0.121. The van der Waals surface area contributed by atoms with Crippen LogP contribution in [0.5, 0.6) is 5.75 Å². The minimum atomic E-state index is -0.0275. The fraction of sp³-hybridized carbons (Fsp3) is 0.333. The van der Waals surface area contributed by atoms with Crippen LogP contribution in [0, 0.1) is 0 Å². The van der Waals surface area contributed by atoms with Crippen molar-refractivity contribution in [1.29, 1.82) is 0 Å². The minimum Gasteiger partial charge on any atom is -0.492 e. The van der Waals surface area contributed by atoms with Crippen molar-refractivity contribution in [3.63, 3.8) is 0 Å². The number of nitrogens with one attached hydrogen (secondary N) is 1. The molecule has 0 unspecified atom stereocenters. The Labute approximate surface area is 106 Å². The Morgan fingerprint density at radius 2 is 2.18 bits per heavy atom. The van der Waals surface area contributed by atoms with Crippen LogP contribution < -0.4 is 15.8 Å². The standard InChI is InChI=1S/C12H16N2O2S/c1-2-14-11(15)7-8-16-10-6-4-3-5-9(10)12(13)17/h3-6H,2,7-8H2,1H3,(H2,13,17)(H,14,15). The molecule has 0 aliphatic rings. The SMILES string of the molecule is CCNC(=O)CCOc1ccccc1C(N)=S. The van der Waals surface area contributed by atoms with E-state index in [9.17, 15) is 4.79 Å². The molecule has 4 nitrogen and oxygen atoms in total. The van der Waals surface area contributed by atoms with E-state index in [1.165, 1.54) is 0 Å². The van der Waals surface area contributed by atoms with E-state index in [1.54, 1.807) is 12.1 Å². The molecule has 0 aliphatic heterocycles. The van der Waals surface area contributed by atoms with Gasteiger partial charge in [-0.3, -0.25) is 4.79 Å². The van der Waals surface area contributed by atoms with Crippen LogP contribution in [0.3, 0.4) is 0 Å². The Bertz CT molecular complexity index is 407. The fourth-order valence-corrected chi connectivity index (χ4v) is 1.50. The van der Waals surface area contributed by atoms with Crippen LogP contribution in [0.4, 0.5) is 0 Å². The Morgan fingerprint density at radius 1 is 1.47 bits per heavy atom. The van der Waals surface area contributed by atoms with Crippen molar-refractivity contribution in [2.75, 3.05) is 13.2 Å². The third-order valence-corrected chi connectivity index (χ3v) is 2.33. The van der Waals surface area contributed by atoms with Crippen molar-refractivity contribution < 1.29 is 9.53 Å². The number of thiocarbonyl (C=S) groups is 1. The predicted octanol–water partition coefficient (Wildman–Crippen LogP) is 1.23. The van der Waals surface area contributed by atoms with Crippen molar-refractivity contribution >= 4 is 23.1 Å². The van der Waals surface area contributed by atoms with Crippen LogP contribution in [0.1, 0.15) is 18.9 Å². The largest absolute Gasteiger partial charge is 0.492 e. The van der Waals surface area contributed by atoms with E-state index >= 15 is 0 Å². The maximum atomic E-state index is 11.2. The third kappa shape index (κ3) is 4.40. The molecule has 0 atom stereocenters. The van der Waals surface area contributed by atoms with Gasteiger partial charge in [0, 0.05) is 6.54 Å². The van der Waals surface area contributed by atoms with Gasteiger partial charge in [0.2, 0.25) is 5.91 Å². The molecule has 0 saturated heterocycles. The summed E-state index contributed by atoms with van der Waals surface area (Å²) < 4.78 is 5.49. The number of carbonyl (C=O) groups excluding carboxylic acids is 1. The molecule has 0 aromatic heterocycles. The van der Waals surface area contributed by atoms with Gasteiger partial charge in [0.25, 0.3) is 0 Å². The summed E-state index contributed by atoms with van der Waals surface area (Å²) in [5.41, 5.74) is 6.26. The topological polar surface area (TPSA) is 64.3 Å². The van der Waals surface area contributed by atoms with Gasteiger partial charge in [0.05, 0.1) is 18.6 Å². The number of hydrogen-bond acceptors (Lipinski definition) is 3. The van der Waals surface area contributed by atoms with Gasteiger partial charge in [-0.1, -0.05) is 24.4 Å². The number of rotatable bonds is 6. The zero-order chi connectivity index (χ0) is 12.7. The van der Waals surface area contributed by atoms with Crippen LogP contribution in [-0.4, -0.2) is 24.0 Å². The molecule has 5 heteroatoms. The van der Waals surface area contributed by atoms with E-state index in [0.717, 1.165) is 0 Å². The van der Waals surface area contributed by atoms with E-state index in [2.05, 4.69) is 5.32 Å². The van der Waals surface area contributed by atoms with Crippen LogP contribution in [0.15, 0.2) is 24.3 Å². The summed E-state index contributed by atoms with van der Waals surface area (Å²) in [5, 5.41) is 2.70. The summed E-state index contributed by atoms with van der Waals surface area (Å²) >= 11 is 4.91. The second-order valence-corrected chi connectivity index (χ2v) is 3.85. The van der Waals surface area contributed by atoms with Crippen molar-refractivity contribution in [2.24, 2.45) is 5.73 Å². The lowest BCUT2D eigenvalue weighted by Gasteiger charge is -2.10. The Kier molecular flexibility index (Phi) is 5.42. The van der Waals surface area contributed by atoms with Crippen LogP contribution >= 0.6 is 12.2 Å². The molecule has 1 rings (SSSR count). The Morgan fingerprint density at radius 3 is 2.82 bits per heavy atom. The molecule has 0 fully saturated rings. The summed E-state index contributed by atoms with van der Waals surface area (Å²) in [6, 6.07) is 7.25. The molecule has 0 aliphatic carbocycles. The molecule has 92 valence electrons. The zero-order valence-corrected chi connectivity index (χ0v) is 10.5. The molecule has 0 heterocycles. The van der Waals surface area contributed by atoms with E-state index in [-0.39, 0.29) is 5.91 Å². The van der Waals surface area contributed by atoms with Crippen molar-refractivity contribution in [2.45, 2.75) is 13.3 Å². The molecule has 0 radical (unpaired) electrons. The molecule has 1 amide bonds. The normalized spacial score (nSPS) is 9.71. The second-order valence-electron chi connectivity index (χ2n) is 3.41. The monoisotopic (exact) mass is 252 g/mol. The average molecular weight is 252 g/mol. The van der Waals surface area contributed by atoms with Crippen LogP contribution in [0.25, 0.3) is 0 Å². The van der Waals surface area contributed by atoms with Gasteiger partial charge in [-0.25, -0.2) is 0 Å². The molecular weight excluding hydrogens is 236 g/mol. The fourth-order valence-electron chi connectivity index (χ4n) is 1.34. The highest BCUT2D eigenvalue weighted by atomic mass is 32.1. The number of ether oxygens (including phenoxy) is 1. The summed E-state index contributed by atoms with van der Waals surface area (Å²) in [4.78, 5) is 11.5. The molecule has 1 aromatic rings. The molecule has 1 aromatic carbocycles. The van der Waals surface area contributed by atoms with Crippen LogP contribution in [0.2, 0.25) is 0 Å². The third-order valence-electron chi connectivity index (χ3n) is 2.11. The lowest BCUT2D eigenvalue weighted by atomic mass is 10.2. The maximum absolute atomic E-state index is 11.2. The van der Waals surface area contributed by atoms with Gasteiger partial charge >= 0.3 is 0 Å². The first-order valence-electron chi connectivity index (χ1n) is 5.43. The number of amides is 1. The molecule has 17 heavy (non-hydrogen) atoms. The van der Waals surface area contributed by atoms with Gasteiger partial charge in [-0.15, -0.1) is 0 Å². The van der Waals surface area contributed by atoms with E-state index in [4.69, 9.17) is 22.7 Å². The second kappa shape index (κ2) is 6.85. The Hall–Kier alpha value is -1.62. The summed E-state index contributed by atoms with van der Waals surface area (Å²) in [5.74, 6) is 0.588. The van der Waals surface area contributed by atoms with Crippen molar-refractivity contribution in [3.8, 4) is 5.75 Å².